The molecular weight excluding hydrogens is 329 g/mol. The van der Waals surface area contributed by atoms with Crippen LogP contribution in [0.4, 0.5) is 4.39 Å². The van der Waals surface area contributed by atoms with E-state index in [2.05, 4.69) is 0 Å². The number of likely N-dealkylation sites (N-methyl/N-ethyl adjacent to an activating group) is 1. The number of halogens is 1. The Morgan fingerprint density at radius 1 is 1.29 bits per heavy atom. The van der Waals surface area contributed by atoms with Crippen LogP contribution in [0.15, 0.2) is 30.3 Å². The standard InChI is InChI=1S/C18H20FNO3S/c1-4-15-12(2)9-16(24-15)18(22)23-11-17(21)20(3)10-13-7-5-6-8-14(13)19/h5-9H,4,10-11H2,1-3H3. The second-order valence-electron chi connectivity index (χ2n) is 5.49. The van der Waals surface area contributed by atoms with Gasteiger partial charge >= 0.3 is 5.97 Å². The smallest absolute Gasteiger partial charge is 0.348 e. The summed E-state index contributed by atoms with van der Waals surface area (Å²) in [5.41, 5.74) is 1.47. The number of esters is 1. The molecule has 1 amide bonds. The van der Waals surface area contributed by atoms with Crippen molar-refractivity contribution in [2.75, 3.05) is 13.7 Å². The van der Waals surface area contributed by atoms with Crippen LogP contribution in [0.5, 0.6) is 0 Å². The van der Waals surface area contributed by atoms with E-state index < -0.39 is 5.97 Å². The maximum absolute atomic E-state index is 13.6. The van der Waals surface area contributed by atoms with Gasteiger partial charge in [-0.1, -0.05) is 25.1 Å². The lowest BCUT2D eigenvalue weighted by Gasteiger charge is -2.17. The van der Waals surface area contributed by atoms with E-state index >= 15 is 0 Å². The summed E-state index contributed by atoms with van der Waals surface area (Å²) >= 11 is 1.38. The summed E-state index contributed by atoms with van der Waals surface area (Å²) < 4.78 is 18.7. The Kier molecular flexibility index (Phi) is 6.09. The number of thiophene rings is 1. The molecule has 6 heteroatoms. The number of rotatable bonds is 6. The first-order chi connectivity index (χ1) is 11.4. The number of hydrogen-bond donors (Lipinski definition) is 0. The van der Waals surface area contributed by atoms with Crippen LogP contribution in [0.3, 0.4) is 0 Å². The second kappa shape index (κ2) is 8.06. The van der Waals surface area contributed by atoms with Crippen molar-refractivity contribution in [3.8, 4) is 0 Å². The van der Waals surface area contributed by atoms with E-state index in [0.717, 1.165) is 16.9 Å². The molecule has 0 atom stereocenters. The molecule has 0 saturated heterocycles. The molecule has 0 aliphatic heterocycles. The molecule has 0 radical (unpaired) electrons. The van der Waals surface area contributed by atoms with Gasteiger partial charge in [-0.05, 0) is 31.0 Å². The maximum atomic E-state index is 13.6. The van der Waals surface area contributed by atoms with Crippen LogP contribution in [-0.2, 0) is 22.5 Å². The van der Waals surface area contributed by atoms with Crippen molar-refractivity contribution in [3.63, 3.8) is 0 Å². The molecule has 0 aliphatic carbocycles. The van der Waals surface area contributed by atoms with Gasteiger partial charge in [-0.15, -0.1) is 11.3 Å². The van der Waals surface area contributed by atoms with Crippen molar-refractivity contribution in [2.45, 2.75) is 26.8 Å². The average molecular weight is 349 g/mol. The molecule has 0 fully saturated rings. The normalized spacial score (nSPS) is 10.5. The molecule has 2 rings (SSSR count). The molecule has 0 unspecified atom stereocenters. The van der Waals surface area contributed by atoms with Crippen LogP contribution in [0, 0.1) is 12.7 Å². The maximum Gasteiger partial charge on any atom is 0.348 e. The molecule has 1 aromatic heterocycles. The number of amides is 1. The summed E-state index contributed by atoms with van der Waals surface area (Å²) in [6.07, 6.45) is 0.855. The summed E-state index contributed by atoms with van der Waals surface area (Å²) in [4.78, 5) is 27.0. The van der Waals surface area contributed by atoms with Gasteiger partial charge in [-0.25, -0.2) is 9.18 Å². The molecule has 0 spiro atoms. The Labute approximate surface area is 144 Å². The number of nitrogens with zero attached hydrogens (tertiary/aromatic N) is 1. The molecule has 0 saturated carbocycles. The highest BCUT2D eigenvalue weighted by Gasteiger charge is 2.17. The minimum atomic E-state index is -0.504. The average Bonchev–Trinajstić information content (AvgIpc) is 2.95. The highest BCUT2D eigenvalue weighted by atomic mass is 32.1. The lowest BCUT2D eigenvalue weighted by atomic mass is 10.2. The van der Waals surface area contributed by atoms with E-state index in [9.17, 15) is 14.0 Å². The molecular formula is C18H20FNO3S. The van der Waals surface area contributed by atoms with E-state index in [0.29, 0.717) is 10.4 Å². The van der Waals surface area contributed by atoms with E-state index in [1.165, 1.54) is 22.3 Å². The lowest BCUT2D eigenvalue weighted by Crippen LogP contribution is -2.31. The summed E-state index contributed by atoms with van der Waals surface area (Å²) in [5.74, 6) is -1.25. The van der Waals surface area contributed by atoms with Crippen molar-refractivity contribution >= 4 is 23.2 Å². The monoisotopic (exact) mass is 349 g/mol. The van der Waals surface area contributed by atoms with Gasteiger partial charge in [0.05, 0.1) is 0 Å². The van der Waals surface area contributed by atoms with E-state index in [1.807, 2.05) is 13.8 Å². The number of aryl methyl sites for hydroxylation is 2. The van der Waals surface area contributed by atoms with Crippen LogP contribution in [0.2, 0.25) is 0 Å². The van der Waals surface area contributed by atoms with Crippen LogP contribution < -0.4 is 0 Å². The number of benzene rings is 1. The third-order valence-electron chi connectivity index (χ3n) is 3.66. The van der Waals surface area contributed by atoms with Gasteiger partial charge in [0.25, 0.3) is 5.91 Å². The van der Waals surface area contributed by atoms with Gasteiger partial charge in [0, 0.05) is 24.0 Å². The van der Waals surface area contributed by atoms with Crippen molar-refractivity contribution in [3.05, 3.63) is 57.0 Å². The molecule has 128 valence electrons. The van der Waals surface area contributed by atoms with Gasteiger partial charge in [0.15, 0.2) is 6.61 Å². The highest BCUT2D eigenvalue weighted by molar-refractivity contribution is 7.14. The third-order valence-corrected chi connectivity index (χ3v) is 5.02. The Morgan fingerprint density at radius 3 is 2.62 bits per heavy atom. The van der Waals surface area contributed by atoms with Crippen molar-refractivity contribution < 1.29 is 18.7 Å². The van der Waals surface area contributed by atoms with Gasteiger partial charge in [-0.2, -0.15) is 0 Å². The quantitative estimate of drug-likeness (QED) is 0.749. The van der Waals surface area contributed by atoms with Crippen LogP contribution in [0.25, 0.3) is 0 Å². The van der Waals surface area contributed by atoms with E-state index in [-0.39, 0.29) is 24.9 Å². The lowest BCUT2D eigenvalue weighted by molar-refractivity contribution is -0.133. The Bertz CT molecular complexity index is 742. The van der Waals surface area contributed by atoms with Gasteiger partial charge < -0.3 is 9.64 Å². The largest absolute Gasteiger partial charge is 0.451 e. The summed E-state index contributed by atoms with van der Waals surface area (Å²) in [7, 11) is 1.55. The highest BCUT2D eigenvalue weighted by Crippen LogP contribution is 2.23. The van der Waals surface area contributed by atoms with E-state index in [4.69, 9.17) is 4.74 Å². The van der Waals surface area contributed by atoms with Gasteiger partial charge in [0.1, 0.15) is 10.7 Å². The van der Waals surface area contributed by atoms with Crippen LogP contribution >= 0.6 is 11.3 Å². The third kappa shape index (κ3) is 4.41. The van der Waals surface area contributed by atoms with E-state index in [1.54, 1.807) is 31.3 Å². The Morgan fingerprint density at radius 2 is 2.00 bits per heavy atom. The molecule has 1 aromatic carbocycles. The first-order valence-corrected chi connectivity index (χ1v) is 8.47. The summed E-state index contributed by atoms with van der Waals surface area (Å²) in [6, 6.07) is 8.04. The molecule has 1 heterocycles. The first-order valence-electron chi connectivity index (χ1n) is 7.66. The molecule has 2 aromatic rings. The number of carbonyl (C=O) groups is 2. The zero-order valence-electron chi connectivity index (χ0n) is 14.0. The molecule has 0 N–H and O–H groups in total. The minimum Gasteiger partial charge on any atom is -0.451 e. The Hall–Kier alpha value is -2.21. The van der Waals surface area contributed by atoms with Crippen molar-refractivity contribution in [1.29, 1.82) is 0 Å². The summed E-state index contributed by atoms with van der Waals surface area (Å²) in [6.45, 7) is 3.73. The minimum absolute atomic E-state index is 0.126. The topological polar surface area (TPSA) is 46.6 Å². The fourth-order valence-corrected chi connectivity index (χ4v) is 3.26. The van der Waals surface area contributed by atoms with Crippen LogP contribution in [0.1, 0.15) is 32.6 Å². The predicted octanol–water partition coefficient (Wildman–Crippen LogP) is 3.57. The molecule has 4 nitrogen and oxygen atoms in total. The van der Waals surface area contributed by atoms with Crippen molar-refractivity contribution in [1.82, 2.24) is 4.90 Å². The fourth-order valence-electron chi connectivity index (χ4n) is 2.25. The van der Waals surface area contributed by atoms with Crippen LogP contribution in [-0.4, -0.2) is 30.4 Å². The van der Waals surface area contributed by atoms with Crippen molar-refractivity contribution in [2.24, 2.45) is 0 Å². The number of carbonyl (C=O) groups excluding carboxylic acids is 2. The second-order valence-corrected chi connectivity index (χ2v) is 6.62. The zero-order chi connectivity index (χ0) is 17.7. The summed E-state index contributed by atoms with van der Waals surface area (Å²) in [5, 5.41) is 0. The Balaban J connectivity index is 1.89. The number of hydrogen-bond acceptors (Lipinski definition) is 4. The predicted molar refractivity (Wildman–Crippen MR) is 91.6 cm³/mol. The first kappa shape index (κ1) is 18.1. The fraction of sp³-hybridized carbons (Fsp3) is 0.333. The van der Waals surface area contributed by atoms with Gasteiger partial charge in [0.2, 0.25) is 0 Å². The number of ether oxygens (including phenoxy) is 1. The molecule has 24 heavy (non-hydrogen) atoms. The zero-order valence-corrected chi connectivity index (χ0v) is 14.8. The molecule has 0 bridgehead atoms. The van der Waals surface area contributed by atoms with Gasteiger partial charge in [-0.3, -0.25) is 4.79 Å². The SMILES string of the molecule is CCc1sc(C(=O)OCC(=O)N(C)Cc2ccccc2F)cc1C. The molecule has 0 aliphatic rings.